The van der Waals surface area contributed by atoms with Gasteiger partial charge in [-0.15, -0.1) is 11.3 Å². The number of aromatic nitrogens is 1. The molecule has 0 unspecified atom stereocenters. The Morgan fingerprint density at radius 1 is 1.37 bits per heavy atom. The maximum atomic E-state index is 13.6. The number of fused-ring (bicyclic) bond motifs is 1. The molecule has 0 atom stereocenters. The molecule has 1 saturated carbocycles. The minimum Gasteiger partial charge on any atom is -0.474 e. The lowest BCUT2D eigenvalue weighted by atomic mass is 9.89. The predicted molar refractivity (Wildman–Crippen MR) is 91.3 cm³/mol. The van der Waals surface area contributed by atoms with E-state index in [1.807, 2.05) is 0 Å². The summed E-state index contributed by atoms with van der Waals surface area (Å²) in [5.74, 6) is -0.733. The van der Waals surface area contributed by atoms with E-state index in [0.29, 0.717) is 12.8 Å². The third-order valence-electron chi connectivity index (χ3n) is 4.36. The second kappa shape index (κ2) is 6.87. The van der Waals surface area contributed by atoms with E-state index in [1.54, 1.807) is 0 Å². The third-order valence-corrected chi connectivity index (χ3v) is 5.34. The second-order valence-electron chi connectivity index (χ2n) is 6.18. The number of carbonyl (C=O) groups excluding carboxylic acids is 1. The molecular weight excluding hydrogens is 387 g/mol. The van der Waals surface area contributed by atoms with Gasteiger partial charge in [-0.3, -0.25) is 4.79 Å². The molecule has 3 rings (SSSR count). The van der Waals surface area contributed by atoms with Crippen LogP contribution in [0, 0.1) is 6.92 Å². The van der Waals surface area contributed by atoms with Crippen molar-refractivity contribution in [2.24, 2.45) is 0 Å². The maximum absolute atomic E-state index is 13.6. The summed E-state index contributed by atoms with van der Waals surface area (Å²) in [4.78, 5) is 26.7. The number of ether oxygens (including phenoxy) is 1. The normalized spacial score (nSPS) is 19.4. The summed E-state index contributed by atoms with van der Waals surface area (Å²) in [5.41, 5.74) is -1.05. The molecule has 0 aliphatic heterocycles. The largest absolute Gasteiger partial charge is 0.474 e. The molecule has 2 aromatic rings. The molecule has 2 aromatic heterocycles. The Morgan fingerprint density at radius 2 is 2.04 bits per heavy atom. The van der Waals surface area contributed by atoms with E-state index in [-0.39, 0.29) is 33.3 Å². The number of carbonyl (C=O) groups is 2. The first-order valence-corrected chi connectivity index (χ1v) is 8.87. The quantitative estimate of drug-likeness (QED) is 0.728. The smallest absolute Gasteiger partial charge is 0.418 e. The van der Waals surface area contributed by atoms with E-state index >= 15 is 0 Å². The zero-order valence-corrected chi connectivity index (χ0v) is 15.1. The lowest BCUT2D eigenvalue weighted by Gasteiger charge is -2.35. The van der Waals surface area contributed by atoms with Crippen LogP contribution in [0.25, 0.3) is 10.2 Å². The third kappa shape index (κ3) is 3.64. The van der Waals surface area contributed by atoms with Gasteiger partial charge in [-0.2, -0.15) is 13.2 Å². The SMILES string of the molecule is CNC(=O)c1csc2c(C(F)(F)F)c(C)c(O[C@H]3C[C@@H](NC(=O)O)C3)nc12. The summed E-state index contributed by atoms with van der Waals surface area (Å²) in [5, 5.41) is 14.7. The van der Waals surface area contributed by atoms with Gasteiger partial charge in [0.15, 0.2) is 0 Å². The van der Waals surface area contributed by atoms with Crippen molar-refractivity contribution in [2.75, 3.05) is 7.05 Å². The number of halogens is 3. The number of thiophene rings is 1. The molecule has 2 heterocycles. The van der Waals surface area contributed by atoms with E-state index in [1.165, 1.54) is 19.4 Å². The molecular formula is C16H16F3N3O4S. The number of rotatable bonds is 4. The van der Waals surface area contributed by atoms with Gasteiger partial charge in [0.05, 0.1) is 21.3 Å². The van der Waals surface area contributed by atoms with Gasteiger partial charge in [0.2, 0.25) is 5.88 Å². The number of alkyl halides is 3. The molecule has 1 fully saturated rings. The van der Waals surface area contributed by atoms with Crippen molar-refractivity contribution in [3.05, 3.63) is 22.1 Å². The number of hydrogen-bond acceptors (Lipinski definition) is 5. The van der Waals surface area contributed by atoms with Crippen molar-refractivity contribution in [1.29, 1.82) is 0 Å². The predicted octanol–water partition coefficient (Wildman–Crippen LogP) is 3.16. The van der Waals surface area contributed by atoms with Gasteiger partial charge in [0.1, 0.15) is 6.10 Å². The topological polar surface area (TPSA) is 101 Å². The summed E-state index contributed by atoms with van der Waals surface area (Å²) in [6, 6.07) is -0.304. The molecule has 3 N–H and O–H groups in total. The zero-order valence-electron chi connectivity index (χ0n) is 14.3. The van der Waals surface area contributed by atoms with Crippen LogP contribution in [-0.4, -0.2) is 41.3 Å². The molecule has 146 valence electrons. The van der Waals surface area contributed by atoms with Gasteiger partial charge < -0.3 is 20.5 Å². The fourth-order valence-electron chi connectivity index (χ4n) is 2.97. The van der Waals surface area contributed by atoms with Crippen LogP contribution in [0.2, 0.25) is 0 Å². The van der Waals surface area contributed by atoms with E-state index in [2.05, 4.69) is 15.6 Å². The number of carboxylic acid groups (broad SMARTS) is 1. The lowest BCUT2D eigenvalue weighted by Crippen LogP contribution is -2.48. The van der Waals surface area contributed by atoms with Crippen molar-refractivity contribution in [1.82, 2.24) is 15.6 Å². The van der Waals surface area contributed by atoms with Crippen LogP contribution in [0.15, 0.2) is 5.38 Å². The van der Waals surface area contributed by atoms with Gasteiger partial charge in [-0.1, -0.05) is 0 Å². The summed E-state index contributed by atoms with van der Waals surface area (Å²) in [7, 11) is 1.38. The monoisotopic (exact) mass is 403 g/mol. The van der Waals surface area contributed by atoms with Crippen LogP contribution in [-0.2, 0) is 6.18 Å². The molecule has 0 saturated heterocycles. The molecule has 0 radical (unpaired) electrons. The van der Waals surface area contributed by atoms with E-state index in [4.69, 9.17) is 9.84 Å². The summed E-state index contributed by atoms with van der Waals surface area (Å²) in [6.07, 6.45) is -5.59. The van der Waals surface area contributed by atoms with Crippen LogP contribution < -0.4 is 15.4 Å². The molecule has 11 heteroatoms. The Kier molecular flexibility index (Phi) is 4.89. The Bertz CT molecular complexity index is 906. The van der Waals surface area contributed by atoms with Gasteiger partial charge in [-0.25, -0.2) is 9.78 Å². The minimum atomic E-state index is -4.64. The maximum Gasteiger partial charge on any atom is 0.418 e. The number of pyridine rings is 1. The Balaban J connectivity index is 1.99. The summed E-state index contributed by atoms with van der Waals surface area (Å²) >= 11 is 0.806. The Morgan fingerprint density at radius 3 is 2.59 bits per heavy atom. The van der Waals surface area contributed by atoms with Crippen molar-refractivity contribution in [3.8, 4) is 5.88 Å². The average Bonchev–Trinajstić information content (AvgIpc) is 2.93. The zero-order chi connectivity index (χ0) is 19.9. The number of hydrogen-bond donors (Lipinski definition) is 3. The minimum absolute atomic E-state index is 0.0480. The first-order chi connectivity index (χ1) is 12.6. The highest BCUT2D eigenvalue weighted by Gasteiger charge is 2.39. The van der Waals surface area contributed by atoms with E-state index in [9.17, 15) is 22.8 Å². The molecule has 0 aromatic carbocycles. The second-order valence-corrected chi connectivity index (χ2v) is 7.06. The van der Waals surface area contributed by atoms with Crippen molar-refractivity contribution in [2.45, 2.75) is 38.1 Å². The summed E-state index contributed by atoms with van der Waals surface area (Å²) < 4.78 is 46.4. The van der Waals surface area contributed by atoms with Gasteiger partial charge in [0, 0.05) is 36.9 Å². The van der Waals surface area contributed by atoms with Gasteiger partial charge >= 0.3 is 12.3 Å². The van der Waals surface area contributed by atoms with Crippen molar-refractivity contribution >= 4 is 33.6 Å². The van der Waals surface area contributed by atoms with Crippen LogP contribution in [0.5, 0.6) is 5.88 Å². The highest BCUT2D eigenvalue weighted by molar-refractivity contribution is 7.17. The first-order valence-electron chi connectivity index (χ1n) is 7.99. The standard InChI is InChI=1S/C16H16F3N3O4S/c1-6-10(16(17,18)19)12-11(9(5-27-12)13(23)20-2)22-14(6)26-8-3-7(4-8)21-15(24)25/h5,7-8,21H,3-4H2,1-2H3,(H,20,23)(H,24,25)/t7-,8+. The van der Waals surface area contributed by atoms with Crippen molar-refractivity contribution in [3.63, 3.8) is 0 Å². The highest BCUT2D eigenvalue weighted by Crippen LogP contribution is 2.43. The van der Waals surface area contributed by atoms with Crippen LogP contribution in [0.4, 0.5) is 18.0 Å². The summed E-state index contributed by atoms with van der Waals surface area (Å²) in [6.45, 7) is 1.27. The number of nitrogens with one attached hydrogen (secondary N) is 2. The first kappa shape index (κ1) is 19.2. The molecule has 0 spiro atoms. The van der Waals surface area contributed by atoms with E-state index in [0.717, 1.165) is 11.3 Å². The Hall–Kier alpha value is -2.56. The number of amides is 2. The van der Waals surface area contributed by atoms with Gasteiger partial charge in [0.25, 0.3) is 5.91 Å². The average molecular weight is 403 g/mol. The molecule has 1 aliphatic carbocycles. The molecule has 27 heavy (non-hydrogen) atoms. The molecule has 2 amide bonds. The van der Waals surface area contributed by atoms with Crippen LogP contribution >= 0.6 is 11.3 Å². The van der Waals surface area contributed by atoms with Crippen molar-refractivity contribution < 1.29 is 32.6 Å². The Labute approximate surface area is 155 Å². The molecule has 7 nitrogen and oxygen atoms in total. The van der Waals surface area contributed by atoms with E-state index < -0.39 is 29.8 Å². The fourth-order valence-corrected chi connectivity index (χ4v) is 4.08. The fraction of sp³-hybridized carbons (Fsp3) is 0.438. The lowest BCUT2D eigenvalue weighted by molar-refractivity contribution is -0.136. The van der Waals surface area contributed by atoms with Gasteiger partial charge in [-0.05, 0) is 6.92 Å². The van der Waals surface area contributed by atoms with Crippen LogP contribution in [0.1, 0.15) is 34.3 Å². The number of nitrogens with zero attached hydrogens (tertiary/aromatic N) is 1. The molecule has 1 aliphatic rings. The molecule has 0 bridgehead atoms. The van der Waals surface area contributed by atoms with Crippen LogP contribution in [0.3, 0.4) is 0 Å². The highest BCUT2D eigenvalue weighted by atomic mass is 32.1.